The molecule has 1 N–H and O–H groups in total. The van der Waals surface area contributed by atoms with Crippen molar-refractivity contribution >= 4 is 33.4 Å². The summed E-state index contributed by atoms with van der Waals surface area (Å²) in [7, 11) is 1.60. The first-order valence-corrected chi connectivity index (χ1v) is 13.5. The van der Waals surface area contributed by atoms with Crippen LogP contribution in [-0.4, -0.2) is 66.9 Å². The van der Waals surface area contributed by atoms with E-state index in [0.29, 0.717) is 22.0 Å². The van der Waals surface area contributed by atoms with Crippen LogP contribution in [0.4, 0.5) is 10.5 Å². The van der Waals surface area contributed by atoms with Gasteiger partial charge in [0, 0.05) is 12.6 Å². The van der Waals surface area contributed by atoms with Crippen LogP contribution in [0.3, 0.4) is 0 Å². The highest BCUT2D eigenvalue weighted by molar-refractivity contribution is 9.10. The fourth-order valence-corrected chi connectivity index (χ4v) is 6.68. The molecule has 6 nitrogen and oxygen atoms in total. The van der Waals surface area contributed by atoms with Crippen LogP contribution in [0.15, 0.2) is 52.5 Å². The van der Waals surface area contributed by atoms with E-state index in [9.17, 15) is 9.90 Å². The maximum absolute atomic E-state index is 12.7. The van der Waals surface area contributed by atoms with Crippen molar-refractivity contribution in [3.8, 4) is 5.75 Å². The summed E-state index contributed by atoms with van der Waals surface area (Å²) in [5.41, 5.74) is 4.51. The zero-order valence-electron chi connectivity index (χ0n) is 20.4. The second kappa shape index (κ2) is 10.7. The number of hydrogen-bond donors (Lipinski definition) is 1. The summed E-state index contributed by atoms with van der Waals surface area (Å²) in [6, 6.07) is 14.5. The number of methoxy groups -OCH3 is 1. The molecule has 0 aliphatic carbocycles. The summed E-state index contributed by atoms with van der Waals surface area (Å²) in [5.74, 6) is 0.630. The zero-order chi connectivity index (χ0) is 24.4. The summed E-state index contributed by atoms with van der Waals surface area (Å²) in [5, 5.41) is 10.4. The molecule has 1 amide bonds. The monoisotopic (exact) mass is 539 g/mol. The molecule has 0 aromatic heterocycles. The van der Waals surface area contributed by atoms with Gasteiger partial charge in [0.2, 0.25) is 0 Å². The number of carboxylic acid groups (broad SMARTS) is 1. The maximum Gasteiger partial charge on any atom is 0.416 e. The number of nitrogens with zero attached hydrogens (tertiary/aromatic N) is 3. The third-order valence-electron chi connectivity index (χ3n) is 7.69. The largest absolute Gasteiger partial charge is 0.495 e. The molecule has 0 bridgehead atoms. The van der Waals surface area contributed by atoms with Crippen LogP contribution < -0.4 is 9.64 Å². The van der Waals surface area contributed by atoms with Gasteiger partial charge in [0.15, 0.2) is 0 Å². The molecule has 3 aliphatic rings. The molecule has 0 unspecified atom stereocenters. The minimum Gasteiger partial charge on any atom is -0.495 e. The third-order valence-corrected chi connectivity index (χ3v) is 8.45. The lowest BCUT2D eigenvalue weighted by molar-refractivity contribution is 0.0962. The predicted octanol–water partition coefficient (Wildman–Crippen LogP) is 5.86. The average Bonchev–Trinajstić information content (AvgIpc) is 2.89. The number of hydrogen-bond acceptors (Lipinski definition) is 4. The van der Waals surface area contributed by atoms with Crippen molar-refractivity contribution in [2.24, 2.45) is 0 Å². The lowest BCUT2D eigenvalue weighted by atomic mass is 9.91. The quantitative estimate of drug-likeness (QED) is 0.515. The lowest BCUT2D eigenvalue weighted by Crippen LogP contribution is -2.47. The second-order valence-electron chi connectivity index (χ2n) is 9.81. The minimum absolute atomic E-state index is 0.630. The number of anilines is 1. The Hall–Kier alpha value is -2.35. The first-order valence-electron chi connectivity index (χ1n) is 12.7. The molecule has 0 spiro atoms. The second-order valence-corrected chi connectivity index (χ2v) is 10.6. The number of amides is 1. The molecule has 5 rings (SSSR count). The van der Waals surface area contributed by atoms with Gasteiger partial charge in [0.25, 0.3) is 0 Å². The van der Waals surface area contributed by atoms with Crippen LogP contribution in [0.1, 0.15) is 43.2 Å². The number of carbonyl (C=O) groups is 1. The summed E-state index contributed by atoms with van der Waals surface area (Å²) < 4.78 is 6.17. The van der Waals surface area contributed by atoms with Gasteiger partial charge in [-0.15, -0.1) is 0 Å². The SMILES string of the molecule is COc1ccc2c(c1Br)N(C(=O)O)C(c1ccccc1)=C(CN1CCC(N3CCCCC3)CC1)C2. The molecule has 7 heteroatoms. The van der Waals surface area contributed by atoms with Crippen molar-refractivity contribution in [3.63, 3.8) is 0 Å². The fraction of sp³-hybridized carbons (Fsp3) is 0.464. The molecular formula is C28H34BrN3O3. The van der Waals surface area contributed by atoms with E-state index in [1.54, 1.807) is 7.11 Å². The Labute approximate surface area is 216 Å². The van der Waals surface area contributed by atoms with E-state index in [2.05, 4.69) is 25.7 Å². The summed E-state index contributed by atoms with van der Waals surface area (Å²) in [4.78, 5) is 19.4. The molecule has 0 radical (unpaired) electrons. The van der Waals surface area contributed by atoms with Crippen molar-refractivity contribution in [1.29, 1.82) is 0 Å². The molecule has 2 aromatic carbocycles. The highest BCUT2D eigenvalue weighted by atomic mass is 79.9. The van der Waals surface area contributed by atoms with E-state index in [1.165, 1.54) is 50.1 Å². The average molecular weight is 541 g/mol. The molecule has 2 fully saturated rings. The first kappa shape index (κ1) is 24.3. The third kappa shape index (κ3) is 4.99. The molecule has 0 saturated carbocycles. The van der Waals surface area contributed by atoms with E-state index >= 15 is 0 Å². The number of benzene rings is 2. The Kier molecular flexibility index (Phi) is 7.46. The predicted molar refractivity (Wildman–Crippen MR) is 143 cm³/mol. The molecule has 35 heavy (non-hydrogen) atoms. The van der Waals surface area contributed by atoms with E-state index < -0.39 is 6.09 Å². The van der Waals surface area contributed by atoms with Crippen LogP contribution in [0.25, 0.3) is 5.70 Å². The number of likely N-dealkylation sites (tertiary alicyclic amines) is 2. The maximum atomic E-state index is 12.7. The van der Waals surface area contributed by atoms with Gasteiger partial charge in [-0.2, -0.15) is 0 Å². The molecule has 0 atom stereocenters. The van der Waals surface area contributed by atoms with Crippen LogP contribution in [0.5, 0.6) is 5.75 Å². The van der Waals surface area contributed by atoms with Crippen molar-refractivity contribution < 1.29 is 14.6 Å². The van der Waals surface area contributed by atoms with Crippen molar-refractivity contribution in [1.82, 2.24) is 9.80 Å². The minimum atomic E-state index is -0.986. The van der Waals surface area contributed by atoms with Gasteiger partial charge in [-0.1, -0.05) is 42.8 Å². The Bertz CT molecular complexity index is 1090. The normalized spacial score (nSPS) is 20.1. The number of halogens is 1. The Morgan fingerprint density at radius 1 is 1.03 bits per heavy atom. The summed E-state index contributed by atoms with van der Waals surface area (Å²) in [6.45, 7) is 5.38. The van der Waals surface area contributed by atoms with Gasteiger partial charge in [-0.05, 0) is 97.0 Å². The zero-order valence-corrected chi connectivity index (χ0v) is 22.0. The van der Waals surface area contributed by atoms with Gasteiger partial charge >= 0.3 is 6.09 Å². The number of ether oxygens (including phenoxy) is 1. The molecule has 3 aliphatic heterocycles. The van der Waals surface area contributed by atoms with E-state index in [-0.39, 0.29) is 0 Å². The van der Waals surface area contributed by atoms with Crippen molar-refractivity contribution in [2.75, 3.05) is 44.7 Å². The molecular weight excluding hydrogens is 506 g/mol. The summed E-state index contributed by atoms with van der Waals surface area (Å²) >= 11 is 3.63. The van der Waals surface area contributed by atoms with Crippen molar-refractivity contribution in [2.45, 2.75) is 44.6 Å². The van der Waals surface area contributed by atoms with E-state index in [0.717, 1.165) is 48.5 Å². The van der Waals surface area contributed by atoms with Crippen LogP contribution in [0, 0.1) is 0 Å². The standard InChI is InChI=1S/C28H34BrN3O3/c1-35-24-11-10-21-18-22(19-30-16-12-23(13-17-30)31-14-6-3-7-15-31)26(20-8-4-2-5-9-20)32(28(33)34)27(21)25(24)29/h2,4-5,8-11,23H,3,6-7,12-19H2,1H3,(H,33,34). The van der Waals surface area contributed by atoms with E-state index in [1.807, 2.05) is 42.5 Å². The topological polar surface area (TPSA) is 56.2 Å². The van der Waals surface area contributed by atoms with Crippen LogP contribution in [0.2, 0.25) is 0 Å². The van der Waals surface area contributed by atoms with Gasteiger partial charge in [0.1, 0.15) is 5.75 Å². The Balaban J connectivity index is 1.46. The highest BCUT2D eigenvalue weighted by Crippen LogP contribution is 2.46. The number of rotatable bonds is 5. The van der Waals surface area contributed by atoms with Gasteiger partial charge in [0.05, 0.1) is 23.0 Å². The number of piperidine rings is 2. The Morgan fingerprint density at radius 2 is 1.74 bits per heavy atom. The smallest absolute Gasteiger partial charge is 0.416 e. The molecule has 2 saturated heterocycles. The van der Waals surface area contributed by atoms with Crippen molar-refractivity contribution in [3.05, 3.63) is 63.6 Å². The molecule has 2 aromatic rings. The van der Waals surface area contributed by atoms with Gasteiger partial charge in [-0.3, -0.25) is 4.90 Å². The molecule has 3 heterocycles. The van der Waals surface area contributed by atoms with Gasteiger partial charge < -0.3 is 14.7 Å². The Morgan fingerprint density at radius 3 is 2.40 bits per heavy atom. The fourth-order valence-electron chi connectivity index (χ4n) is 5.96. The summed E-state index contributed by atoms with van der Waals surface area (Å²) in [6.07, 6.45) is 6.15. The lowest BCUT2D eigenvalue weighted by Gasteiger charge is -2.41. The highest BCUT2D eigenvalue weighted by Gasteiger charge is 2.35. The van der Waals surface area contributed by atoms with E-state index in [4.69, 9.17) is 4.74 Å². The van der Waals surface area contributed by atoms with Crippen LogP contribution >= 0.6 is 15.9 Å². The molecule has 186 valence electrons. The number of fused-ring (bicyclic) bond motifs is 1. The van der Waals surface area contributed by atoms with Crippen LogP contribution in [-0.2, 0) is 6.42 Å². The first-order chi connectivity index (χ1) is 17.1. The van der Waals surface area contributed by atoms with Gasteiger partial charge in [-0.25, -0.2) is 9.69 Å².